The predicted molar refractivity (Wildman–Crippen MR) is 79.9 cm³/mol. The van der Waals surface area contributed by atoms with Crippen molar-refractivity contribution < 1.29 is 19.4 Å². The van der Waals surface area contributed by atoms with Crippen molar-refractivity contribution in [1.29, 1.82) is 0 Å². The van der Waals surface area contributed by atoms with E-state index in [0.717, 1.165) is 5.56 Å². The molecule has 0 bridgehead atoms. The number of rotatable bonds is 5. The Hall–Kier alpha value is -2.69. The highest BCUT2D eigenvalue weighted by Crippen LogP contribution is 2.29. The maximum Gasteiger partial charge on any atom is 0.338 e. The van der Waals surface area contributed by atoms with E-state index < -0.39 is 5.97 Å². The number of hydrogen-bond acceptors (Lipinski definition) is 4. The molecule has 0 heterocycles. The van der Waals surface area contributed by atoms with Gasteiger partial charge >= 0.3 is 5.97 Å². The van der Waals surface area contributed by atoms with Gasteiger partial charge in [0, 0.05) is 11.3 Å². The number of carboxylic acid groups (broad SMARTS) is 1. The average Bonchev–Trinajstić information content (AvgIpc) is 2.45. The maximum absolute atomic E-state index is 11.3. The summed E-state index contributed by atoms with van der Waals surface area (Å²) in [7, 11) is 1.56. The Morgan fingerprint density at radius 3 is 2.67 bits per heavy atom. The number of ether oxygens (including phenoxy) is 2. The lowest BCUT2D eigenvalue weighted by Gasteiger charge is -2.13. The quantitative estimate of drug-likeness (QED) is 0.826. The Morgan fingerprint density at radius 2 is 2.00 bits per heavy atom. The van der Waals surface area contributed by atoms with Gasteiger partial charge in [0.2, 0.25) is 0 Å². The number of nitrogens with two attached hydrogens (primary N) is 1. The summed E-state index contributed by atoms with van der Waals surface area (Å²) in [4.78, 5) is 11.3. The lowest BCUT2D eigenvalue weighted by atomic mass is 10.1. The van der Waals surface area contributed by atoms with Gasteiger partial charge in [0.1, 0.15) is 6.61 Å². The number of benzene rings is 2. The summed E-state index contributed by atoms with van der Waals surface area (Å²) in [6, 6.07) is 10.5. The van der Waals surface area contributed by atoms with Crippen molar-refractivity contribution in [3.05, 3.63) is 53.1 Å². The van der Waals surface area contributed by atoms with Crippen molar-refractivity contribution >= 4 is 11.7 Å². The van der Waals surface area contributed by atoms with E-state index in [-0.39, 0.29) is 17.9 Å². The van der Waals surface area contributed by atoms with Crippen molar-refractivity contribution in [2.45, 2.75) is 13.5 Å². The van der Waals surface area contributed by atoms with E-state index >= 15 is 0 Å². The molecule has 0 aromatic heterocycles. The van der Waals surface area contributed by atoms with Gasteiger partial charge in [-0.1, -0.05) is 18.2 Å². The van der Waals surface area contributed by atoms with Gasteiger partial charge < -0.3 is 20.3 Å². The van der Waals surface area contributed by atoms with Crippen LogP contribution in [0, 0.1) is 6.92 Å². The number of methoxy groups -OCH3 is 1. The monoisotopic (exact) mass is 287 g/mol. The Kier molecular flexibility index (Phi) is 4.33. The van der Waals surface area contributed by atoms with Gasteiger partial charge in [-0.05, 0) is 30.7 Å². The van der Waals surface area contributed by atoms with Crippen LogP contribution >= 0.6 is 0 Å². The molecule has 0 unspecified atom stereocenters. The molecule has 2 aromatic rings. The van der Waals surface area contributed by atoms with Crippen LogP contribution in [0.15, 0.2) is 36.4 Å². The SMILES string of the molecule is COc1cc(C)ccc1OCc1cccc(N)c1C(=O)O. The third-order valence-electron chi connectivity index (χ3n) is 3.10. The number of aryl methyl sites for hydroxylation is 1. The summed E-state index contributed by atoms with van der Waals surface area (Å²) in [6.07, 6.45) is 0. The summed E-state index contributed by atoms with van der Waals surface area (Å²) in [5.41, 5.74) is 7.57. The molecule has 2 rings (SSSR count). The maximum atomic E-state index is 11.3. The van der Waals surface area contributed by atoms with Crippen molar-refractivity contribution in [2.75, 3.05) is 12.8 Å². The Morgan fingerprint density at radius 1 is 1.24 bits per heavy atom. The van der Waals surface area contributed by atoms with Crippen LogP contribution in [0.1, 0.15) is 21.5 Å². The molecule has 0 atom stereocenters. The molecule has 2 aromatic carbocycles. The van der Waals surface area contributed by atoms with Crippen LogP contribution in [-0.2, 0) is 6.61 Å². The van der Waals surface area contributed by atoms with E-state index in [0.29, 0.717) is 17.1 Å². The van der Waals surface area contributed by atoms with Crippen LogP contribution in [0.25, 0.3) is 0 Å². The third-order valence-corrected chi connectivity index (χ3v) is 3.10. The van der Waals surface area contributed by atoms with Crippen LogP contribution in [0.2, 0.25) is 0 Å². The molecule has 0 amide bonds. The summed E-state index contributed by atoms with van der Waals surface area (Å²) in [6.45, 7) is 2.05. The molecule has 0 radical (unpaired) electrons. The Bertz CT molecular complexity index is 667. The number of carbonyl (C=O) groups is 1. The fourth-order valence-corrected chi connectivity index (χ4v) is 2.05. The lowest BCUT2D eigenvalue weighted by molar-refractivity contribution is 0.0695. The zero-order valence-corrected chi connectivity index (χ0v) is 11.9. The molecule has 5 nitrogen and oxygen atoms in total. The van der Waals surface area contributed by atoms with Crippen molar-refractivity contribution in [3.8, 4) is 11.5 Å². The van der Waals surface area contributed by atoms with Gasteiger partial charge in [-0.2, -0.15) is 0 Å². The van der Waals surface area contributed by atoms with Crippen molar-refractivity contribution in [1.82, 2.24) is 0 Å². The predicted octanol–water partition coefficient (Wildman–Crippen LogP) is 2.86. The third kappa shape index (κ3) is 3.25. The molecular weight excluding hydrogens is 270 g/mol. The van der Waals surface area contributed by atoms with Gasteiger partial charge in [-0.15, -0.1) is 0 Å². The number of anilines is 1. The molecule has 0 aliphatic heterocycles. The van der Waals surface area contributed by atoms with Crippen LogP contribution < -0.4 is 15.2 Å². The van der Waals surface area contributed by atoms with Gasteiger partial charge in [0.15, 0.2) is 11.5 Å². The molecule has 0 aliphatic carbocycles. The highest BCUT2D eigenvalue weighted by atomic mass is 16.5. The van der Waals surface area contributed by atoms with E-state index in [9.17, 15) is 9.90 Å². The average molecular weight is 287 g/mol. The van der Waals surface area contributed by atoms with Gasteiger partial charge in [0.25, 0.3) is 0 Å². The second-order valence-corrected chi connectivity index (χ2v) is 4.63. The minimum Gasteiger partial charge on any atom is -0.493 e. The molecule has 3 N–H and O–H groups in total. The zero-order valence-electron chi connectivity index (χ0n) is 11.9. The zero-order chi connectivity index (χ0) is 15.4. The molecule has 0 aliphatic rings. The smallest absolute Gasteiger partial charge is 0.338 e. The first-order valence-electron chi connectivity index (χ1n) is 6.41. The molecular formula is C16H17NO4. The molecule has 0 fully saturated rings. The summed E-state index contributed by atoms with van der Waals surface area (Å²) in [5, 5.41) is 9.22. The Balaban J connectivity index is 2.25. The molecule has 0 saturated heterocycles. The van der Waals surface area contributed by atoms with E-state index in [1.165, 1.54) is 0 Å². The lowest BCUT2D eigenvalue weighted by Crippen LogP contribution is -2.09. The standard InChI is InChI=1S/C16H17NO4/c1-10-6-7-13(14(8-10)20-2)21-9-11-4-3-5-12(17)15(11)16(18)19/h3-8H,9,17H2,1-2H3,(H,18,19). The number of carboxylic acids is 1. The van der Waals surface area contributed by atoms with Crippen LogP contribution in [0.4, 0.5) is 5.69 Å². The second-order valence-electron chi connectivity index (χ2n) is 4.63. The summed E-state index contributed by atoms with van der Waals surface area (Å²) in [5.74, 6) is 0.0974. The first kappa shape index (κ1) is 14.7. The molecule has 5 heteroatoms. The van der Waals surface area contributed by atoms with E-state index in [2.05, 4.69) is 0 Å². The highest BCUT2D eigenvalue weighted by molar-refractivity contribution is 5.95. The second kappa shape index (κ2) is 6.17. The largest absolute Gasteiger partial charge is 0.493 e. The van der Waals surface area contributed by atoms with Crippen molar-refractivity contribution in [3.63, 3.8) is 0 Å². The fraction of sp³-hybridized carbons (Fsp3) is 0.188. The van der Waals surface area contributed by atoms with Crippen LogP contribution in [0.3, 0.4) is 0 Å². The first-order chi connectivity index (χ1) is 10.0. The Labute approximate surface area is 122 Å². The minimum absolute atomic E-state index is 0.0728. The van der Waals surface area contributed by atoms with E-state index in [1.807, 2.05) is 19.1 Å². The van der Waals surface area contributed by atoms with Gasteiger partial charge in [-0.3, -0.25) is 0 Å². The first-order valence-corrected chi connectivity index (χ1v) is 6.41. The van der Waals surface area contributed by atoms with Gasteiger partial charge in [0.05, 0.1) is 12.7 Å². The molecule has 21 heavy (non-hydrogen) atoms. The summed E-state index contributed by atoms with van der Waals surface area (Å²) >= 11 is 0. The molecule has 0 spiro atoms. The highest BCUT2D eigenvalue weighted by Gasteiger charge is 2.14. The summed E-state index contributed by atoms with van der Waals surface area (Å²) < 4.78 is 10.9. The van der Waals surface area contributed by atoms with Crippen LogP contribution in [0.5, 0.6) is 11.5 Å². The van der Waals surface area contributed by atoms with Gasteiger partial charge in [-0.25, -0.2) is 4.79 Å². The minimum atomic E-state index is -1.07. The fourth-order valence-electron chi connectivity index (χ4n) is 2.05. The topological polar surface area (TPSA) is 81.8 Å². The van der Waals surface area contributed by atoms with Crippen LogP contribution in [-0.4, -0.2) is 18.2 Å². The number of nitrogen functional groups attached to an aromatic ring is 1. The molecule has 0 saturated carbocycles. The number of hydrogen-bond donors (Lipinski definition) is 2. The normalized spacial score (nSPS) is 10.2. The van der Waals surface area contributed by atoms with Crippen molar-refractivity contribution in [2.24, 2.45) is 0 Å². The van der Waals surface area contributed by atoms with E-state index in [1.54, 1.807) is 31.4 Å². The molecule has 110 valence electrons. The number of aromatic carboxylic acids is 1. The van der Waals surface area contributed by atoms with E-state index in [4.69, 9.17) is 15.2 Å².